The van der Waals surface area contributed by atoms with Gasteiger partial charge in [-0.25, -0.2) is 0 Å². The van der Waals surface area contributed by atoms with Crippen molar-refractivity contribution in [3.05, 3.63) is 47.5 Å². The molecule has 2 aromatic carbocycles. The predicted octanol–water partition coefficient (Wildman–Crippen LogP) is -0.905. The molecule has 11 nitrogen and oxygen atoms in total. The summed E-state index contributed by atoms with van der Waals surface area (Å²) in [5.41, 5.74) is 0.275. The van der Waals surface area contributed by atoms with E-state index in [9.17, 15) is 40.9 Å². The standard InChI is InChI=1S/C22H28O11/c1-31-10-2-4-12(15(25)6-10)14(8-23)18(27)13-5-3-11(7-16(13)26)32-22-21(30)20(29)19(28)17(9-24)33-22/h2-7,14,17-30H,8-9H2,1H3. The molecule has 1 saturated heterocycles. The van der Waals surface area contributed by atoms with Gasteiger partial charge in [0, 0.05) is 29.2 Å². The van der Waals surface area contributed by atoms with Crippen molar-refractivity contribution in [2.45, 2.75) is 42.7 Å². The van der Waals surface area contributed by atoms with E-state index in [-0.39, 0.29) is 22.6 Å². The third-order valence-electron chi connectivity index (χ3n) is 5.64. The van der Waals surface area contributed by atoms with Gasteiger partial charge in [-0.05, 0) is 18.2 Å². The summed E-state index contributed by atoms with van der Waals surface area (Å²) >= 11 is 0. The Morgan fingerprint density at radius 2 is 1.48 bits per heavy atom. The van der Waals surface area contributed by atoms with Gasteiger partial charge in [0.05, 0.1) is 26.4 Å². The highest BCUT2D eigenvalue weighted by atomic mass is 16.7. The molecule has 0 amide bonds. The van der Waals surface area contributed by atoms with Gasteiger partial charge in [0.25, 0.3) is 0 Å². The van der Waals surface area contributed by atoms with E-state index in [1.54, 1.807) is 6.07 Å². The first-order valence-electron chi connectivity index (χ1n) is 10.2. The maximum absolute atomic E-state index is 10.8. The van der Waals surface area contributed by atoms with Gasteiger partial charge >= 0.3 is 0 Å². The molecule has 1 aliphatic rings. The SMILES string of the molecule is COc1ccc(C(CO)C(O)c2ccc(OC3OC(CO)C(O)C(O)C3O)cc2O)c(O)c1. The Morgan fingerprint density at radius 3 is 2.06 bits per heavy atom. The van der Waals surface area contributed by atoms with E-state index in [0.717, 1.165) is 6.07 Å². The number of methoxy groups -OCH3 is 1. The zero-order chi connectivity index (χ0) is 24.3. The first-order valence-corrected chi connectivity index (χ1v) is 10.2. The van der Waals surface area contributed by atoms with Gasteiger partial charge < -0.3 is 55.1 Å². The molecule has 182 valence electrons. The van der Waals surface area contributed by atoms with Crippen LogP contribution in [0.4, 0.5) is 0 Å². The molecule has 0 aromatic heterocycles. The molecule has 8 N–H and O–H groups in total. The fraction of sp³-hybridized carbons (Fsp3) is 0.455. The van der Waals surface area contributed by atoms with Crippen molar-refractivity contribution < 1.29 is 55.1 Å². The second-order valence-electron chi connectivity index (χ2n) is 7.69. The van der Waals surface area contributed by atoms with Crippen LogP contribution in [0.1, 0.15) is 23.1 Å². The fourth-order valence-corrected chi connectivity index (χ4v) is 3.69. The maximum Gasteiger partial charge on any atom is 0.229 e. The van der Waals surface area contributed by atoms with Gasteiger partial charge in [-0.2, -0.15) is 0 Å². The smallest absolute Gasteiger partial charge is 0.229 e. The van der Waals surface area contributed by atoms with Gasteiger partial charge in [0.1, 0.15) is 47.4 Å². The predicted molar refractivity (Wildman–Crippen MR) is 112 cm³/mol. The summed E-state index contributed by atoms with van der Waals surface area (Å²) in [5, 5.41) is 80.4. The lowest BCUT2D eigenvalue weighted by molar-refractivity contribution is -0.277. The summed E-state index contributed by atoms with van der Waals surface area (Å²) in [5.74, 6) is -1.19. The van der Waals surface area contributed by atoms with E-state index in [4.69, 9.17) is 14.2 Å². The maximum atomic E-state index is 10.8. The normalized spacial score (nSPS) is 27.1. The fourth-order valence-electron chi connectivity index (χ4n) is 3.69. The van der Waals surface area contributed by atoms with Crippen molar-refractivity contribution in [3.63, 3.8) is 0 Å². The second-order valence-corrected chi connectivity index (χ2v) is 7.69. The number of aliphatic hydroxyl groups is 6. The minimum Gasteiger partial charge on any atom is -0.508 e. The summed E-state index contributed by atoms with van der Waals surface area (Å²) in [7, 11) is 1.43. The van der Waals surface area contributed by atoms with Gasteiger partial charge in [-0.3, -0.25) is 0 Å². The van der Waals surface area contributed by atoms with Crippen molar-refractivity contribution >= 4 is 0 Å². The zero-order valence-electron chi connectivity index (χ0n) is 17.7. The quantitative estimate of drug-likeness (QED) is 0.239. The van der Waals surface area contributed by atoms with E-state index >= 15 is 0 Å². The van der Waals surface area contributed by atoms with E-state index in [1.165, 1.54) is 31.4 Å². The summed E-state index contributed by atoms with van der Waals surface area (Å²) in [6, 6.07) is 8.18. The Kier molecular flexibility index (Phi) is 7.97. The van der Waals surface area contributed by atoms with E-state index in [0.29, 0.717) is 5.75 Å². The molecule has 0 bridgehead atoms. The van der Waals surface area contributed by atoms with Crippen LogP contribution >= 0.6 is 0 Å². The topological polar surface area (TPSA) is 190 Å². The molecule has 0 spiro atoms. The number of ether oxygens (including phenoxy) is 3. The molecule has 0 saturated carbocycles. The summed E-state index contributed by atoms with van der Waals surface area (Å²) in [4.78, 5) is 0. The highest BCUT2D eigenvalue weighted by Gasteiger charge is 2.44. The number of phenols is 2. The summed E-state index contributed by atoms with van der Waals surface area (Å²) in [6.45, 7) is -1.16. The van der Waals surface area contributed by atoms with Crippen molar-refractivity contribution in [1.82, 2.24) is 0 Å². The van der Waals surface area contributed by atoms with Crippen LogP contribution in [-0.4, -0.2) is 91.9 Å². The molecule has 33 heavy (non-hydrogen) atoms. The lowest BCUT2D eigenvalue weighted by Gasteiger charge is -2.39. The van der Waals surface area contributed by atoms with Crippen molar-refractivity contribution in [2.24, 2.45) is 0 Å². The number of phenolic OH excluding ortho intramolecular Hbond substituents is 2. The lowest BCUT2D eigenvalue weighted by atomic mass is 9.88. The average molecular weight is 468 g/mol. The minimum absolute atomic E-state index is 0.000577. The summed E-state index contributed by atoms with van der Waals surface area (Å²) in [6.07, 6.45) is -8.82. The van der Waals surface area contributed by atoms with Crippen LogP contribution in [0.5, 0.6) is 23.0 Å². The van der Waals surface area contributed by atoms with Crippen LogP contribution < -0.4 is 9.47 Å². The Hall–Kier alpha value is -2.64. The number of hydrogen-bond acceptors (Lipinski definition) is 11. The van der Waals surface area contributed by atoms with Crippen LogP contribution in [0.3, 0.4) is 0 Å². The Labute approximate surface area is 189 Å². The largest absolute Gasteiger partial charge is 0.508 e. The van der Waals surface area contributed by atoms with E-state index in [2.05, 4.69) is 0 Å². The van der Waals surface area contributed by atoms with Gasteiger partial charge in [0.15, 0.2) is 0 Å². The minimum atomic E-state index is -1.63. The van der Waals surface area contributed by atoms with Crippen LogP contribution in [0.25, 0.3) is 0 Å². The monoisotopic (exact) mass is 468 g/mol. The average Bonchev–Trinajstić information content (AvgIpc) is 2.80. The molecule has 1 aliphatic heterocycles. The first-order chi connectivity index (χ1) is 15.7. The van der Waals surface area contributed by atoms with Gasteiger partial charge in [-0.15, -0.1) is 0 Å². The molecule has 2 aromatic rings. The first kappa shape index (κ1) is 25.0. The Bertz CT molecular complexity index is 935. The molecule has 11 heteroatoms. The molecule has 0 radical (unpaired) electrons. The van der Waals surface area contributed by atoms with E-state index < -0.39 is 61.7 Å². The third-order valence-corrected chi connectivity index (χ3v) is 5.64. The van der Waals surface area contributed by atoms with Gasteiger partial charge in [0.2, 0.25) is 6.29 Å². The molecule has 7 unspecified atom stereocenters. The summed E-state index contributed by atoms with van der Waals surface area (Å²) < 4.78 is 15.7. The number of hydrogen-bond donors (Lipinski definition) is 8. The third kappa shape index (κ3) is 5.14. The molecule has 7 atom stereocenters. The second kappa shape index (κ2) is 10.5. The number of aromatic hydroxyl groups is 2. The number of aliphatic hydroxyl groups excluding tert-OH is 6. The molecular weight excluding hydrogens is 440 g/mol. The van der Waals surface area contributed by atoms with Crippen LogP contribution in [0.15, 0.2) is 36.4 Å². The number of rotatable bonds is 8. The van der Waals surface area contributed by atoms with E-state index in [1.807, 2.05) is 0 Å². The highest BCUT2D eigenvalue weighted by Crippen LogP contribution is 2.40. The molecule has 0 aliphatic carbocycles. The molecule has 1 fully saturated rings. The lowest BCUT2D eigenvalue weighted by Crippen LogP contribution is -2.60. The van der Waals surface area contributed by atoms with Crippen LogP contribution in [0.2, 0.25) is 0 Å². The zero-order valence-corrected chi connectivity index (χ0v) is 17.7. The van der Waals surface area contributed by atoms with Crippen LogP contribution in [0, 0.1) is 0 Å². The molecular formula is C22H28O11. The van der Waals surface area contributed by atoms with Crippen molar-refractivity contribution in [1.29, 1.82) is 0 Å². The van der Waals surface area contributed by atoms with Gasteiger partial charge in [-0.1, -0.05) is 6.07 Å². The van der Waals surface area contributed by atoms with Crippen LogP contribution in [-0.2, 0) is 4.74 Å². The molecule has 1 heterocycles. The number of benzene rings is 2. The Morgan fingerprint density at radius 1 is 0.879 bits per heavy atom. The van der Waals surface area contributed by atoms with Crippen molar-refractivity contribution in [3.8, 4) is 23.0 Å². The van der Waals surface area contributed by atoms with Crippen molar-refractivity contribution in [2.75, 3.05) is 20.3 Å². The Balaban J connectivity index is 1.79. The molecule has 3 rings (SSSR count). The highest BCUT2D eigenvalue weighted by molar-refractivity contribution is 5.46.